The van der Waals surface area contributed by atoms with Crippen molar-refractivity contribution in [2.75, 3.05) is 19.8 Å². The number of halogens is 2. The molecule has 0 aliphatic rings. The van der Waals surface area contributed by atoms with Crippen molar-refractivity contribution in [3.05, 3.63) is 58.1 Å². The molecule has 2 rings (SSSR count). The van der Waals surface area contributed by atoms with Gasteiger partial charge >= 0.3 is 5.97 Å². The van der Waals surface area contributed by atoms with Crippen LogP contribution >= 0.6 is 23.2 Å². The van der Waals surface area contributed by atoms with Gasteiger partial charge < -0.3 is 14.2 Å². The Labute approximate surface area is 189 Å². The first-order valence-electron chi connectivity index (χ1n) is 9.34. The number of rotatable bonds is 10. The molecule has 0 aliphatic carbocycles. The van der Waals surface area contributed by atoms with Crippen LogP contribution in [0.1, 0.15) is 18.4 Å². The van der Waals surface area contributed by atoms with Gasteiger partial charge in [-0.15, -0.1) is 0 Å². The third kappa shape index (κ3) is 9.59. The lowest BCUT2D eigenvalue weighted by molar-refractivity contribution is -0.149. The number of esters is 1. The second-order valence-corrected chi connectivity index (χ2v) is 7.23. The Morgan fingerprint density at radius 2 is 1.52 bits per heavy atom. The van der Waals surface area contributed by atoms with E-state index in [4.69, 9.17) is 37.4 Å². The number of hydrogen-bond acceptors (Lipinski definition) is 6. The molecule has 166 valence electrons. The molecule has 0 atom stereocenters. The van der Waals surface area contributed by atoms with Crippen molar-refractivity contribution < 1.29 is 28.6 Å². The van der Waals surface area contributed by atoms with Gasteiger partial charge in [0.2, 0.25) is 0 Å². The first kappa shape index (κ1) is 24.3. The summed E-state index contributed by atoms with van der Waals surface area (Å²) in [6.07, 6.45) is 0.502. The summed E-state index contributed by atoms with van der Waals surface area (Å²) in [5, 5.41) is 1.17. The van der Waals surface area contributed by atoms with E-state index in [0.29, 0.717) is 34.6 Å². The Morgan fingerprint density at radius 1 is 0.871 bits per heavy atom. The van der Waals surface area contributed by atoms with Gasteiger partial charge in [-0.3, -0.25) is 25.2 Å². The van der Waals surface area contributed by atoms with Crippen LogP contribution in [0.4, 0.5) is 0 Å². The summed E-state index contributed by atoms with van der Waals surface area (Å²) in [5.74, 6) is -0.669. The molecule has 2 aromatic carbocycles. The zero-order chi connectivity index (χ0) is 22.6. The highest BCUT2D eigenvalue weighted by Gasteiger charge is 2.10. The lowest BCUT2D eigenvalue weighted by Gasteiger charge is -2.10. The average molecular weight is 469 g/mol. The fraction of sp³-hybridized carbons (Fsp3) is 0.286. The van der Waals surface area contributed by atoms with E-state index in [1.54, 1.807) is 42.5 Å². The Kier molecular flexibility index (Phi) is 9.93. The summed E-state index contributed by atoms with van der Waals surface area (Å²) in [6.45, 7) is 1.35. The third-order valence-corrected chi connectivity index (χ3v) is 4.30. The molecule has 0 unspecified atom stereocenters. The Hall–Kier alpha value is -2.97. The Bertz CT molecular complexity index is 905. The molecule has 2 aromatic rings. The molecular formula is C21H22Cl2N2O6. The Balaban J connectivity index is 1.54. The smallest absolute Gasteiger partial charge is 0.306 e. The van der Waals surface area contributed by atoms with Gasteiger partial charge in [-0.25, -0.2) is 0 Å². The third-order valence-electron chi connectivity index (χ3n) is 3.81. The van der Waals surface area contributed by atoms with Crippen molar-refractivity contribution in [3.8, 4) is 11.5 Å². The van der Waals surface area contributed by atoms with Gasteiger partial charge in [-0.05, 0) is 61.4 Å². The van der Waals surface area contributed by atoms with Gasteiger partial charge in [0.1, 0.15) is 11.5 Å². The van der Waals surface area contributed by atoms with E-state index in [1.807, 2.05) is 6.92 Å². The number of carbonyl (C=O) groups is 3. The average Bonchev–Trinajstić information content (AvgIpc) is 2.74. The molecule has 8 nitrogen and oxygen atoms in total. The minimum absolute atomic E-state index is 0.0845. The highest BCUT2D eigenvalue weighted by atomic mass is 35.5. The lowest BCUT2D eigenvalue weighted by Crippen LogP contribution is -2.45. The van der Waals surface area contributed by atoms with Crippen molar-refractivity contribution in [1.29, 1.82) is 0 Å². The molecule has 0 saturated carbocycles. The van der Waals surface area contributed by atoms with Crippen molar-refractivity contribution in [2.24, 2.45) is 0 Å². The summed E-state index contributed by atoms with van der Waals surface area (Å²) in [7, 11) is 0. The van der Waals surface area contributed by atoms with Crippen molar-refractivity contribution in [3.63, 3.8) is 0 Å². The maximum Gasteiger partial charge on any atom is 0.306 e. The van der Waals surface area contributed by atoms with Crippen LogP contribution < -0.4 is 20.3 Å². The molecule has 0 spiro atoms. The highest BCUT2D eigenvalue weighted by molar-refractivity contribution is 6.30. The summed E-state index contributed by atoms with van der Waals surface area (Å²) in [6, 6.07) is 11.7. The van der Waals surface area contributed by atoms with Gasteiger partial charge in [0.05, 0.1) is 6.61 Å². The molecule has 0 aromatic heterocycles. The SMILES string of the molecule is Cc1cc(Cl)ccc1OCCCC(=O)OCC(=O)NNC(=O)COc1ccc(Cl)cc1. The summed E-state index contributed by atoms with van der Waals surface area (Å²) in [5.41, 5.74) is 5.18. The molecule has 0 bridgehead atoms. The van der Waals surface area contributed by atoms with E-state index >= 15 is 0 Å². The monoisotopic (exact) mass is 468 g/mol. The predicted octanol–water partition coefficient (Wildman–Crippen LogP) is 3.23. The van der Waals surface area contributed by atoms with Gasteiger partial charge in [-0.2, -0.15) is 0 Å². The lowest BCUT2D eigenvalue weighted by atomic mass is 10.2. The van der Waals surface area contributed by atoms with Crippen LogP contribution in [0, 0.1) is 6.92 Å². The van der Waals surface area contributed by atoms with Crippen LogP contribution in [0.3, 0.4) is 0 Å². The second-order valence-electron chi connectivity index (χ2n) is 6.36. The molecule has 10 heteroatoms. The van der Waals surface area contributed by atoms with E-state index < -0.39 is 24.4 Å². The largest absolute Gasteiger partial charge is 0.493 e. The predicted molar refractivity (Wildman–Crippen MR) is 115 cm³/mol. The standard InChI is InChI=1S/C21H22Cl2N2O6/c1-14-11-16(23)6-9-18(14)29-10-2-3-21(28)31-13-20(27)25-24-19(26)12-30-17-7-4-15(22)5-8-17/h4-9,11H,2-3,10,12-13H2,1H3,(H,24,26)(H,25,27). The number of ether oxygens (including phenoxy) is 3. The van der Waals surface area contributed by atoms with E-state index in [1.165, 1.54) is 0 Å². The number of aryl methyl sites for hydroxylation is 1. The van der Waals surface area contributed by atoms with Crippen molar-refractivity contribution >= 4 is 41.0 Å². The maximum atomic E-state index is 11.7. The molecule has 0 fully saturated rings. The Morgan fingerprint density at radius 3 is 2.19 bits per heavy atom. The van der Waals surface area contributed by atoms with Gasteiger partial charge in [0.15, 0.2) is 13.2 Å². The van der Waals surface area contributed by atoms with Crippen LogP contribution in [0.15, 0.2) is 42.5 Å². The number of amides is 2. The van der Waals surface area contributed by atoms with E-state index in [9.17, 15) is 14.4 Å². The summed E-state index contributed by atoms with van der Waals surface area (Å²) in [4.78, 5) is 35.0. The number of benzene rings is 2. The van der Waals surface area contributed by atoms with E-state index in [-0.39, 0.29) is 13.0 Å². The van der Waals surface area contributed by atoms with Crippen molar-refractivity contribution in [1.82, 2.24) is 10.9 Å². The minimum Gasteiger partial charge on any atom is -0.493 e. The van der Waals surface area contributed by atoms with E-state index in [2.05, 4.69) is 10.9 Å². The molecule has 2 N–H and O–H groups in total. The minimum atomic E-state index is -0.679. The first-order chi connectivity index (χ1) is 14.8. The number of nitrogens with one attached hydrogen (secondary N) is 2. The van der Waals surface area contributed by atoms with Crippen LogP contribution in [0.2, 0.25) is 10.0 Å². The molecule has 0 aliphatic heterocycles. The molecule has 0 heterocycles. The van der Waals surface area contributed by atoms with Gasteiger partial charge in [0.25, 0.3) is 11.8 Å². The molecular weight excluding hydrogens is 447 g/mol. The quantitative estimate of drug-likeness (QED) is 0.315. The fourth-order valence-electron chi connectivity index (χ4n) is 2.28. The molecule has 0 radical (unpaired) electrons. The highest BCUT2D eigenvalue weighted by Crippen LogP contribution is 2.22. The molecule has 2 amide bonds. The van der Waals surface area contributed by atoms with Crippen molar-refractivity contribution in [2.45, 2.75) is 19.8 Å². The normalized spacial score (nSPS) is 10.2. The first-order valence-corrected chi connectivity index (χ1v) is 10.1. The maximum absolute atomic E-state index is 11.7. The zero-order valence-electron chi connectivity index (χ0n) is 16.8. The van der Waals surface area contributed by atoms with Crippen LogP contribution in [0.5, 0.6) is 11.5 Å². The van der Waals surface area contributed by atoms with Crippen LogP contribution in [0.25, 0.3) is 0 Å². The zero-order valence-corrected chi connectivity index (χ0v) is 18.3. The molecule has 0 saturated heterocycles. The van der Waals surface area contributed by atoms with E-state index in [0.717, 1.165) is 5.56 Å². The second kappa shape index (κ2) is 12.7. The number of carbonyl (C=O) groups excluding carboxylic acids is 3. The van der Waals surface area contributed by atoms with Crippen LogP contribution in [-0.4, -0.2) is 37.6 Å². The summed E-state index contributed by atoms with van der Waals surface area (Å²) >= 11 is 11.6. The van der Waals surface area contributed by atoms with Gasteiger partial charge in [0, 0.05) is 16.5 Å². The topological polar surface area (TPSA) is 103 Å². The number of hydrogen-bond donors (Lipinski definition) is 2. The summed E-state index contributed by atoms with van der Waals surface area (Å²) < 4.78 is 15.7. The van der Waals surface area contributed by atoms with Crippen LogP contribution in [-0.2, 0) is 19.1 Å². The number of hydrazine groups is 1. The fourth-order valence-corrected chi connectivity index (χ4v) is 2.64. The molecule has 31 heavy (non-hydrogen) atoms. The van der Waals surface area contributed by atoms with Gasteiger partial charge in [-0.1, -0.05) is 23.2 Å².